The maximum absolute atomic E-state index is 4.92. The molecule has 1 atom stereocenters. The van der Waals surface area contributed by atoms with E-state index in [0.717, 1.165) is 32.0 Å². The largest absolute Gasteiger partial charge is 0.357 e. The Bertz CT molecular complexity index is 707. The summed E-state index contributed by atoms with van der Waals surface area (Å²) in [7, 11) is 0. The van der Waals surface area contributed by atoms with Crippen LogP contribution in [0.15, 0.2) is 41.0 Å². The molecule has 0 amide bonds. The van der Waals surface area contributed by atoms with Crippen LogP contribution in [0.3, 0.4) is 0 Å². The van der Waals surface area contributed by atoms with Gasteiger partial charge in [0, 0.05) is 30.4 Å². The highest BCUT2D eigenvalue weighted by Gasteiger charge is 2.24. The molecule has 2 aromatic rings. The van der Waals surface area contributed by atoms with Gasteiger partial charge in [0.15, 0.2) is 5.96 Å². The third-order valence-corrected chi connectivity index (χ3v) is 6.02. The van der Waals surface area contributed by atoms with Gasteiger partial charge in [-0.1, -0.05) is 6.07 Å². The smallest absolute Gasteiger partial charge is 0.191 e. The van der Waals surface area contributed by atoms with Crippen molar-refractivity contribution in [2.24, 2.45) is 4.99 Å². The second kappa shape index (κ2) is 10.4. The zero-order valence-electron chi connectivity index (χ0n) is 16.4. The fourth-order valence-corrected chi connectivity index (χ4v) is 4.39. The van der Waals surface area contributed by atoms with Gasteiger partial charge in [-0.15, -0.1) is 11.3 Å². The summed E-state index contributed by atoms with van der Waals surface area (Å²) in [6, 6.07) is 6.88. The van der Waals surface area contributed by atoms with Crippen LogP contribution in [0.4, 0.5) is 0 Å². The number of hydrogen-bond acceptors (Lipinski definition) is 4. The van der Waals surface area contributed by atoms with Crippen molar-refractivity contribution in [3.63, 3.8) is 0 Å². The Morgan fingerprint density at radius 1 is 1.30 bits per heavy atom. The van der Waals surface area contributed by atoms with E-state index in [1.807, 2.05) is 23.7 Å². The lowest BCUT2D eigenvalue weighted by Crippen LogP contribution is -2.39. The Morgan fingerprint density at radius 2 is 2.15 bits per heavy atom. The van der Waals surface area contributed by atoms with Gasteiger partial charge >= 0.3 is 0 Å². The summed E-state index contributed by atoms with van der Waals surface area (Å²) in [6.45, 7) is 9.12. The van der Waals surface area contributed by atoms with Crippen molar-refractivity contribution in [2.75, 3.05) is 32.7 Å². The maximum Gasteiger partial charge on any atom is 0.191 e. The summed E-state index contributed by atoms with van der Waals surface area (Å²) in [6.07, 6.45) is 7.36. The summed E-state index contributed by atoms with van der Waals surface area (Å²) >= 11 is 1.84. The fraction of sp³-hybridized carbons (Fsp3) is 0.524. The zero-order valence-corrected chi connectivity index (χ0v) is 17.3. The molecular weight excluding hydrogens is 354 g/mol. The van der Waals surface area contributed by atoms with Crippen molar-refractivity contribution in [2.45, 2.75) is 39.2 Å². The summed E-state index contributed by atoms with van der Waals surface area (Å²) < 4.78 is 0. The van der Waals surface area contributed by atoms with Crippen LogP contribution in [-0.2, 0) is 6.42 Å². The molecule has 6 heteroatoms. The summed E-state index contributed by atoms with van der Waals surface area (Å²) in [5.41, 5.74) is 2.58. The Kier molecular flexibility index (Phi) is 7.66. The van der Waals surface area contributed by atoms with E-state index in [0.29, 0.717) is 6.04 Å². The van der Waals surface area contributed by atoms with E-state index in [-0.39, 0.29) is 0 Å². The van der Waals surface area contributed by atoms with E-state index in [4.69, 9.17) is 4.99 Å². The molecule has 1 aliphatic heterocycles. The van der Waals surface area contributed by atoms with E-state index in [2.05, 4.69) is 57.9 Å². The first-order chi connectivity index (χ1) is 13.3. The summed E-state index contributed by atoms with van der Waals surface area (Å²) in [5, 5.41) is 9.05. The Balaban J connectivity index is 1.60. The molecule has 5 nitrogen and oxygen atoms in total. The average Bonchev–Trinajstić information content (AvgIpc) is 3.38. The Hall–Kier alpha value is -1.92. The third-order valence-electron chi connectivity index (χ3n) is 5.04. The van der Waals surface area contributed by atoms with Crippen LogP contribution in [0.25, 0.3) is 0 Å². The molecular formula is C21H31N5S. The van der Waals surface area contributed by atoms with Gasteiger partial charge in [0.1, 0.15) is 0 Å². The van der Waals surface area contributed by atoms with Crippen LogP contribution in [0.5, 0.6) is 0 Å². The Labute approximate surface area is 166 Å². The highest BCUT2D eigenvalue weighted by atomic mass is 32.1. The molecule has 0 saturated carbocycles. The lowest BCUT2D eigenvalue weighted by Gasteiger charge is -2.25. The number of hydrogen-bond donors (Lipinski definition) is 2. The number of aliphatic imine (C=N–C) groups is 1. The number of nitrogens with one attached hydrogen (secondary N) is 2. The number of aromatic nitrogens is 1. The minimum absolute atomic E-state index is 0.394. The first-order valence-corrected chi connectivity index (χ1v) is 10.8. The fourth-order valence-electron chi connectivity index (χ4n) is 3.54. The van der Waals surface area contributed by atoms with Crippen LogP contribution in [0.2, 0.25) is 0 Å². The summed E-state index contributed by atoms with van der Waals surface area (Å²) in [4.78, 5) is 13.1. The molecule has 0 spiro atoms. The van der Waals surface area contributed by atoms with Crippen LogP contribution >= 0.6 is 11.3 Å². The molecule has 27 heavy (non-hydrogen) atoms. The number of guanidine groups is 1. The standard InChI is InChI=1S/C21H31N5S/c1-3-23-21(24-11-9-18-8-10-22-15-17(18)2)25-16-19(20-7-6-14-27-20)26-12-4-5-13-26/h6-8,10,14-15,19H,3-5,9,11-13,16H2,1-2H3,(H2,23,24,25). The van der Waals surface area contributed by atoms with Crippen molar-refractivity contribution in [1.29, 1.82) is 0 Å². The molecule has 3 rings (SSSR count). The predicted molar refractivity (Wildman–Crippen MR) is 115 cm³/mol. The number of rotatable bonds is 8. The van der Waals surface area contributed by atoms with Gasteiger partial charge in [-0.2, -0.15) is 0 Å². The number of nitrogens with zero attached hydrogens (tertiary/aromatic N) is 3. The molecule has 0 radical (unpaired) electrons. The number of likely N-dealkylation sites (tertiary alicyclic amines) is 1. The molecule has 3 heterocycles. The van der Waals surface area contributed by atoms with Crippen molar-refractivity contribution in [3.05, 3.63) is 52.0 Å². The maximum atomic E-state index is 4.92. The van der Waals surface area contributed by atoms with Crippen molar-refractivity contribution < 1.29 is 0 Å². The first kappa shape index (κ1) is 19.8. The lowest BCUT2D eigenvalue weighted by atomic mass is 10.1. The average molecular weight is 386 g/mol. The number of aryl methyl sites for hydroxylation is 1. The van der Waals surface area contributed by atoms with Crippen molar-refractivity contribution in [1.82, 2.24) is 20.5 Å². The van der Waals surface area contributed by atoms with Gasteiger partial charge in [-0.05, 0) is 74.8 Å². The van der Waals surface area contributed by atoms with Crippen molar-refractivity contribution in [3.8, 4) is 0 Å². The second-order valence-corrected chi connectivity index (χ2v) is 7.95. The van der Waals surface area contributed by atoms with Crippen molar-refractivity contribution >= 4 is 17.3 Å². The van der Waals surface area contributed by atoms with Crippen LogP contribution in [0.1, 0.15) is 41.8 Å². The molecule has 1 fully saturated rings. The van der Waals surface area contributed by atoms with Gasteiger partial charge in [0.25, 0.3) is 0 Å². The molecule has 0 bridgehead atoms. The van der Waals surface area contributed by atoms with E-state index in [9.17, 15) is 0 Å². The topological polar surface area (TPSA) is 52.6 Å². The van der Waals surface area contributed by atoms with Gasteiger partial charge in [-0.25, -0.2) is 0 Å². The number of thiophene rings is 1. The van der Waals surface area contributed by atoms with Gasteiger partial charge < -0.3 is 10.6 Å². The minimum atomic E-state index is 0.394. The first-order valence-electron chi connectivity index (χ1n) is 9.97. The highest BCUT2D eigenvalue weighted by molar-refractivity contribution is 7.10. The van der Waals surface area contributed by atoms with E-state index < -0.39 is 0 Å². The molecule has 2 aromatic heterocycles. The van der Waals surface area contributed by atoms with E-state index >= 15 is 0 Å². The van der Waals surface area contributed by atoms with Gasteiger partial charge in [-0.3, -0.25) is 14.9 Å². The normalized spacial score (nSPS) is 16.4. The third kappa shape index (κ3) is 5.78. The van der Waals surface area contributed by atoms with Gasteiger partial charge in [0.05, 0.1) is 12.6 Å². The van der Waals surface area contributed by atoms with Crippen LogP contribution in [-0.4, -0.2) is 48.6 Å². The quantitative estimate of drug-likeness (QED) is 0.540. The van der Waals surface area contributed by atoms with Crippen LogP contribution in [0, 0.1) is 6.92 Å². The molecule has 0 aromatic carbocycles. The minimum Gasteiger partial charge on any atom is -0.357 e. The molecule has 2 N–H and O–H groups in total. The summed E-state index contributed by atoms with van der Waals surface area (Å²) in [5.74, 6) is 0.907. The lowest BCUT2D eigenvalue weighted by molar-refractivity contribution is 0.255. The zero-order chi connectivity index (χ0) is 18.9. The molecule has 1 aliphatic rings. The van der Waals surface area contributed by atoms with E-state index in [1.165, 1.54) is 41.9 Å². The highest BCUT2D eigenvalue weighted by Crippen LogP contribution is 2.28. The molecule has 146 valence electrons. The predicted octanol–water partition coefficient (Wildman–Crippen LogP) is 3.39. The molecule has 0 aliphatic carbocycles. The van der Waals surface area contributed by atoms with Gasteiger partial charge in [0.2, 0.25) is 0 Å². The Morgan fingerprint density at radius 3 is 2.85 bits per heavy atom. The SMILES string of the molecule is CCNC(=NCC(c1cccs1)N1CCCC1)NCCc1ccncc1C. The molecule has 1 unspecified atom stereocenters. The monoisotopic (exact) mass is 385 g/mol. The molecule has 1 saturated heterocycles. The number of pyridine rings is 1. The second-order valence-electron chi connectivity index (χ2n) is 6.97. The van der Waals surface area contributed by atoms with E-state index in [1.54, 1.807) is 0 Å². The van der Waals surface area contributed by atoms with Crippen LogP contribution < -0.4 is 10.6 Å².